The van der Waals surface area contributed by atoms with E-state index in [-0.39, 0.29) is 17.9 Å². The molecular formula is C34H53N5O3. The average Bonchev–Trinajstić information content (AvgIpc) is 3.24. The predicted octanol–water partition coefficient (Wildman–Crippen LogP) is 6.41. The van der Waals surface area contributed by atoms with E-state index in [9.17, 15) is 9.59 Å². The van der Waals surface area contributed by atoms with Crippen LogP contribution in [0.25, 0.3) is 0 Å². The second-order valence-corrected chi connectivity index (χ2v) is 13.2. The van der Waals surface area contributed by atoms with Crippen LogP contribution in [-0.4, -0.2) is 59.6 Å². The lowest BCUT2D eigenvalue weighted by Crippen LogP contribution is -2.58. The van der Waals surface area contributed by atoms with Crippen molar-refractivity contribution in [2.24, 2.45) is 11.8 Å². The highest BCUT2D eigenvalue weighted by molar-refractivity contribution is 5.87. The van der Waals surface area contributed by atoms with Gasteiger partial charge in [0.2, 0.25) is 5.91 Å². The van der Waals surface area contributed by atoms with Gasteiger partial charge in [0.1, 0.15) is 18.4 Å². The van der Waals surface area contributed by atoms with Crippen molar-refractivity contribution < 1.29 is 14.3 Å². The SMILES string of the molecule is CC(C)CCN(CC(C)(C)NC(=O)C(CC(C)C)NC(=O)N1CCCCCC1)c1ccc(OCc2cccnc2)cc1. The highest BCUT2D eigenvalue weighted by atomic mass is 16.5. The first kappa shape index (κ1) is 33.2. The molecule has 3 rings (SSSR count). The predicted molar refractivity (Wildman–Crippen MR) is 171 cm³/mol. The summed E-state index contributed by atoms with van der Waals surface area (Å²) in [5.74, 6) is 1.50. The summed E-state index contributed by atoms with van der Waals surface area (Å²) in [6, 6.07) is 11.4. The summed E-state index contributed by atoms with van der Waals surface area (Å²) in [7, 11) is 0. The number of hydrogen-bond donors (Lipinski definition) is 2. The van der Waals surface area contributed by atoms with E-state index in [0.29, 0.717) is 25.5 Å². The molecule has 0 aliphatic carbocycles. The van der Waals surface area contributed by atoms with Crippen molar-refractivity contribution in [3.8, 4) is 5.75 Å². The molecule has 2 N–H and O–H groups in total. The largest absolute Gasteiger partial charge is 0.489 e. The molecule has 0 saturated carbocycles. The molecule has 1 saturated heterocycles. The van der Waals surface area contributed by atoms with Crippen molar-refractivity contribution in [3.63, 3.8) is 0 Å². The number of amides is 3. The first-order chi connectivity index (χ1) is 20.0. The smallest absolute Gasteiger partial charge is 0.318 e. The molecule has 1 aliphatic rings. The molecule has 8 heteroatoms. The molecule has 0 spiro atoms. The van der Waals surface area contributed by atoms with E-state index < -0.39 is 11.6 Å². The van der Waals surface area contributed by atoms with Crippen molar-refractivity contribution in [1.29, 1.82) is 0 Å². The lowest BCUT2D eigenvalue weighted by Gasteiger charge is -2.36. The van der Waals surface area contributed by atoms with Crippen LogP contribution in [0.1, 0.15) is 85.6 Å². The van der Waals surface area contributed by atoms with Gasteiger partial charge in [-0.05, 0) is 81.7 Å². The van der Waals surface area contributed by atoms with E-state index in [4.69, 9.17) is 4.74 Å². The van der Waals surface area contributed by atoms with Gasteiger partial charge in [-0.25, -0.2) is 4.79 Å². The number of nitrogens with zero attached hydrogens (tertiary/aromatic N) is 3. The lowest BCUT2D eigenvalue weighted by molar-refractivity contribution is -0.124. The van der Waals surface area contributed by atoms with Crippen LogP contribution < -0.4 is 20.3 Å². The van der Waals surface area contributed by atoms with Crippen LogP contribution in [0.4, 0.5) is 10.5 Å². The van der Waals surface area contributed by atoms with Crippen molar-refractivity contribution in [2.75, 3.05) is 31.1 Å². The summed E-state index contributed by atoms with van der Waals surface area (Å²) in [4.78, 5) is 35.1. The number of carbonyl (C=O) groups is 2. The maximum atomic E-state index is 13.6. The number of aromatic nitrogens is 1. The molecule has 1 aromatic carbocycles. The topological polar surface area (TPSA) is 86.8 Å². The number of ether oxygens (including phenoxy) is 1. The van der Waals surface area contributed by atoms with Crippen LogP contribution in [0.5, 0.6) is 5.75 Å². The summed E-state index contributed by atoms with van der Waals surface area (Å²) in [5.41, 5.74) is 1.59. The standard InChI is InChI=1S/C34H53N5O3/c1-26(2)17-21-39(29-13-15-30(16-14-29)42-24-28-12-11-18-35-23-28)25-34(5,6)37-32(40)31(22-27(3)4)36-33(41)38-19-9-7-8-10-20-38/h11-16,18,23,26-27,31H,7-10,17,19-22,24-25H2,1-6H3,(H,36,41)(H,37,40). The van der Waals surface area contributed by atoms with Crippen molar-refractivity contribution >= 4 is 17.6 Å². The number of rotatable bonds is 14. The van der Waals surface area contributed by atoms with Crippen molar-refractivity contribution in [1.82, 2.24) is 20.5 Å². The van der Waals surface area contributed by atoms with Crippen LogP contribution in [0.15, 0.2) is 48.8 Å². The van der Waals surface area contributed by atoms with E-state index in [1.54, 1.807) is 6.20 Å². The number of hydrogen-bond acceptors (Lipinski definition) is 5. The third-order valence-electron chi connectivity index (χ3n) is 7.57. The Morgan fingerprint density at radius 1 is 1.00 bits per heavy atom. The molecular weight excluding hydrogens is 526 g/mol. The molecule has 2 aromatic rings. The van der Waals surface area contributed by atoms with Crippen molar-refractivity contribution in [3.05, 3.63) is 54.4 Å². The fraction of sp³-hybridized carbons (Fsp3) is 0.618. The van der Waals surface area contributed by atoms with Crippen molar-refractivity contribution in [2.45, 2.75) is 98.3 Å². The monoisotopic (exact) mass is 579 g/mol. The summed E-state index contributed by atoms with van der Waals surface area (Å²) in [6.45, 7) is 16.2. The van der Waals surface area contributed by atoms with Gasteiger partial charge in [-0.15, -0.1) is 0 Å². The Hall–Kier alpha value is -3.29. The van der Waals surface area contributed by atoms with E-state index >= 15 is 0 Å². The number of anilines is 1. The van der Waals surface area contributed by atoms with E-state index in [2.05, 4.69) is 74.2 Å². The Labute approximate surface area is 253 Å². The molecule has 1 unspecified atom stereocenters. The molecule has 232 valence electrons. The fourth-order valence-electron chi connectivity index (χ4n) is 5.27. The summed E-state index contributed by atoms with van der Waals surface area (Å²) < 4.78 is 5.97. The third kappa shape index (κ3) is 11.5. The zero-order chi connectivity index (χ0) is 30.5. The second-order valence-electron chi connectivity index (χ2n) is 13.2. The molecule has 3 amide bonds. The maximum Gasteiger partial charge on any atom is 0.318 e. The molecule has 1 fully saturated rings. The minimum atomic E-state index is -0.569. The quantitative estimate of drug-likeness (QED) is 0.270. The van der Waals surface area contributed by atoms with Gasteiger partial charge in [0.05, 0.1) is 5.54 Å². The molecule has 1 aromatic heterocycles. The molecule has 2 heterocycles. The molecule has 1 aliphatic heterocycles. The van der Waals surface area contributed by atoms with Gasteiger partial charge in [-0.2, -0.15) is 0 Å². The Bertz CT molecular complexity index is 1080. The van der Waals surface area contributed by atoms with E-state index in [1.807, 2.05) is 35.4 Å². The number of nitrogens with one attached hydrogen (secondary N) is 2. The molecule has 0 radical (unpaired) electrons. The summed E-state index contributed by atoms with van der Waals surface area (Å²) in [6.07, 6.45) is 9.54. The first-order valence-electron chi connectivity index (χ1n) is 15.8. The highest BCUT2D eigenvalue weighted by Crippen LogP contribution is 2.23. The van der Waals surface area contributed by atoms with E-state index in [0.717, 1.165) is 68.7 Å². The minimum absolute atomic E-state index is 0.125. The Kier molecular flexibility index (Phi) is 12.9. The van der Waals surface area contributed by atoms with Crippen LogP contribution in [0.2, 0.25) is 0 Å². The van der Waals surface area contributed by atoms with Crippen LogP contribution in [-0.2, 0) is 11.4 Å². The first-order valence-corrected chi connectivity index (χ1v) is 15.8. The maximum absolute atomic E-state index is 13.6. The molecule has 42 heavy (non-hydrogen) atoms. The van der Waals surface area contributed by atoms with Gasteiger partial charge in [0.15, 0.2) is 0 Å². The van der Waals surface area contributed by atoms with Crippen LogP contribution >= 0.6 is 0 Å². The number of benzene rings is 1. The van der Waals surface area contributed by atoms with Gasteiger partial charge in [-0.1, -0.05) is 46.6 Å². The highest BCUT2D eigenvalue weighted by Gasteiger charge is 2.30. The summed E-state index contributed by atoms with van der Waals surface area (Å²) in [5, 5.41) is 6.34. The lowest BCUT2D eigenvalue weighted by atomic mass is 9.99. The zero-order valence-electron chi connectivity index (χ0n) is 26.7. The van der Waals surface area contributed by atoms with Gasteiger partial charge in [-0.3, -0.25) is 9.78 Å². The zero-order valence-corrected chi connectivity index (χ0v) is 26.7. The van der Waals surface area contributed by atoms with E-state index in [1.165, 1.54) is 0 Å². The van der Waals surface area contributed by atoms with Crippen LogP contribution in [0, 0.1) is 11.8 Å². The molecule has 0 bridgehead atoms. The molecule has 8 nitrogen and oxygen atoms in total. The number of carbonyl (C=O) groups excluding carboxylic acids is 2. The Morgan fingerprint density at radius 3 is 2.29 bits per heavy atom. The van der Waals surface area contributed by atoms with Gasteiger partial charge < -0.3 is 25.2 Å². The van der Waals surface area contributed by atoms with Gasteiger partial charge in [0, 0.05) is 49.8 Å². The Morgan fingerprint density at radius 2 is 1.69 bits per heavy atom. The molecule has 1 atom stereocenters. The van der Waals surface area contributed by atoms with Crippen LogP contribution in [0.3, 0.4) is 0 Å². The number of pyridine rings is 1. The second kappa shape index (κ2) is 16.4. The third-order valence-corrected chi connectivity index (χ3v) is 7.57. The fourth-order valence-corrected chi connectivity index (χ4v) is 5.27. The van der Waals surface area contributed by atoms with Gasteiger partial charge >= 0.3 is 6.03 Å². The normalized spacial score (nSPS) is 14.8. The summed E-state index contributed by atoms with van der Waals surface area (Å²) >= 11 is 0. The average molecular weight is 580 g/mol. The number of likely N-dealkylation sites (tertiary alicyclic amines) is 1. The van der Waals surface area contributed by atoms with Gasteiger partial charge in [0.25, 0.3) is 0 Å². The minimum Gasteiger partial charge on any atom is -0.489 e. The Balaban J connectivity index is 1.66. The number of urea groups is 1.